The van der Waals surface area contributed by atoms with Crippen LogP contribution in [0.3, 0.4) is 0 Å². The molecule has 1 aromatic heterocycles. The normalized spacial score (nSPS) is 11.2. The van der Waals surface area contributed by atoms with Gasteiger partial charge in [0.25, 0.3) is 11.6 Å². The van der Waals surface area contributed by atoms with Crippen LogP contribution in [0.1, 0.15) is 24.2 Å². The van der Waals surface area contributed by atoms with Crippen molar-refractivity contribution in [1.82, 2.24) is 9.88 Å². The second kappa shape index (κ2) is 9.70. The minimum Gasteiger partial charge on any atom is -0.302 e. The van der Waals surface area contributed by atoms with E-state index in [0.29, 0.717) is 23.2 Å². The van der Waals surface area contributed by atoms with Gasteiger partial charge in [0.2, 0.25) is 0 Å². The van der Waals surface area contributed by atoms with Crippen molar-refractivity contribution < 1.29 is 9.72 Å². The van der Waals surface area contributed by atoms with E-state index in [1.165, 1.54) is 34.4 Å². The van der Waals surface area contributed by atoms with Crippen LogP contribution in [0.15, 0.2) is 36.4 Å². The van der Waals surface area contributed by atoms with Crippen molar-refractivity contribution >= 4 is 61.5 Å². The maximum Gasteiger partial charge on any atom is 0.270 e. The molecular formula is C20H20Cl2N4O3S. The van der Waals surface area contributed by atoms with E-state index >= 15 is 0 Å². The van der Waals surface area contributed by atoms with Crippen LogP contribution in [-0.4, -0.2) is 46.9 Å². The van der Waals surface area contributed by atoms with Gasteiger partial charge in [0.15, 0.2) is 5.13 Å². The van der Waals surface area contributed by atoms with E-state index in [1.807, 2.05) is 13.8 Å². The van der Waals surface area contributed by atoms with Gasteiger partial charge in [-0.3, -0.25) is 19.8 Å². The zero-order valence-corrected chi connectivity index (χ0v) is 18.8. The Balaban J connectivity index is 2.03. The highest BCUT2D eigenvalue weighted by Crippen LogP contribution is 2.33. The third-order valence-corrected chi connectivity index (χ3v) is 6.35. The van der Waals surface area contributed by atoms with Gasteiger partial charge >= 0.3 is 0 Å². The molecule has 3 rings (SSSR count). The lowest BCUT2D eigenvalue weighted by atomic mass is 10.1. The number of aromatic nitrogens is 1. The highest BCUT2D eigenvalue weighted by molar-refractivity contribution is 7.22. The van der Waals surface area contributed by atoms with E-state index in [4.69, 9.17) is 23.2 Å². The van der Waals surface area contributed by atoms with Crippen molar-refractivity contribution in [3.05, 3.63) is 62.1 Å². The first-order chi connectivity index (χ1) is 14.3. The molecule has 0 aliphatic rings. The number of halogens is 2. The fourth-order valence-electron chi connectivity index (χ4n) is 3.00. The number of nitro groups is 1. The van der Waals surface area contributed by atoms with Crippen LogP contribution in [0.4, 0.5) is 10.8 Å². The van der Waals surface area contributed by atoms with Gasteiger partial charge in [0.1, 0.15) is 0 Å². The zero-order valence-electron chi connectivity index (χ0n) is 16.5. The molecule has 1 amide bonds. The molecule has 0 atom stereocenters. The Bertz CT molecular complexity index is 1090. The number of fused-ring (bicyclic) bond motifs is 1. The van der Waals surface area contributed by atoms with Crippen LogP contribution in [0.25, 0.3) is 10.2 Å². The van der Waals surface area contributed by atoms with Gasteiger partial charge < -0.3 is 4.90 Å². The lowest BCUT2D eigenvalue weighted by Gasteiger charge is -2.25. The second-order valence-corrected chi connectivity index (χ2v) is 8.37. The van der Waals surface area contributed by atoms with Crippen LogP contribution in [0.5, 0.6) is 0 Å². The molecule has 0 saturated carbocycles. The molecule has 158 valence electrons. The maximum absolute atomic E-state index is 13.4. The zero-order chi connectivity index (χ0) is 21.8. The van der Waals surface area contributed by atoms with Gasteiger partial charge in [0, 0.05) is 30.2 Å². The summed E-state index contributed by atoms with van der Waals surface area (Å²) in [7, 11) is 0. The minimum atomic E-state index is -0.549. The number of likely N-dealkylation sites (N-methyl/N-ethyl adjacent to an activating group) is 1. The highest BCUT2D eigenvalue weighted by atomic mass is 35.5. The summed E-state index contributed by atoms with van der Waals surface area (Å²) in [4.78, 5) is 32.3. The Labute approximate surface area is 188 Å². The average Bonchev–Trinajstić information content (AvgIpc) is 3.13. The molecule has 7 nitrogen and oxygen atoms in total. The Kier molecular flexibility index (Phi) is 7.25. The van der Waals surface area contributed by atoms with Crippen LogP contribution in [-0.2, 0) is 0 Å². The number of thiazole rings is 1. The third-order valence-electron chi connectivity index (χ3n) is 4.74. The maximum atomic E-state index is 13.4. The molecule has 0 unspecified atom stereocenters. The molecule has 0 radical (unpaired) electrons. The van der Waals surface area contributed by atoms with Crippen molar-refractivity contribution in [2.24, 2.45) is 0 Å². The molecule has 2 aromatic carbocycles. The van der Waals surface area contributed by atoms with Crippen molar-refractivity contribution in [3.63, 3.8) is 0 Å². The fraction of sp³-hybridized carbons (Fsp3) is 0.300. The first kappa shape index (κ1) is 22.4. The number of anilines is 1. The van der Waals surface area contributed by atoms with E-state index in [0.717, 1.165) is 23.3 Å². The summed E-state index contributed by atoms with van der Waals surface area (Å²) >= 11 is 13.7. The van der Waals surface area contributed by atoms with Gasteiger partial charge in [-0.2, -0.15) is 0 Å². The molecule has 3 aromatic rings. The number of hydrogen-bond donors (Lipinski definition) is 0. The number of non-ortho nitro benzene ring substituents is 1. The first-order valence-corrected chi connectivity index (χ1v) is 11.0. The molecule has 0 spiro atoms. The summed E-state index contributed by atoms with van der Waals surface area (Å²) in [5.41, 5.74) is 0.607. The lowest BCUT2D eigenvalue weighted by molar-refractivity contribution is -0.384. The summed E-state index contributed by atoms with van der Waals surface area (Å²) in [5.74, 6) is -0.430. The third kappa shape index (κ3) is 4.89. The van der Waals surface area contributed by atoms with E-state index < -0.39 is 10.8 Å². The summed E-state index contributed by atoms with van der Waals surface area (Å²) in [6.07, 6.45) is 0. The quantitative estimate of drug-likeness (QED) is 0.323. The molecule has 0 saturated heterocycles. The summed E-state index contributed by atoms with van der Waals surface area (Å²) < 4.78 is 0.850. The number of amides is 1. The summed E-state index contributed by atoms with van der Waals surface area (Å²) in [5, 5.41) is 12.4. The van der Waals surface area contributed by atoms with Crippen molar-refractivity contribution in [2.45, 2.75) is 13.8 Å². The van der Waals surface area contributed by atoms with Gasteiger partial charge in [-0.1, -0.05) is 48.4 Å². The van der Waals surface area contributed by atoms with E-state index in [9.17, 15) is 14.9 Å². The van der Waals surface area contributed by atoms with E-state index in [-0.39, 0.29) is 16.3 Å². The second-order valence-electron chi connectivity index (χ2n) is 6.51. The van der Waals surface area contributed by atoms with E-state index in [1.54, 1.807) is 18.2 Å². The Hall–Kier alpha value is -2.26. The summed E-state index contributed by atoms with van der Waals surface area (Å²) in [6.45, 7) is 6.77. The standard InChI is InChI=1S/C20H20Cl2N4O3S/c1-3-24(4-2)9-10-25(20-23-17-8-5-13(21)11-18(17)30-20)19(27)15-12-14(26(28)29)6-7-16(15)22/h5-8,11-12H,3-4,9-10H2,1-2H3. The van der Waals surface area contributed by atoms with Crippen molar-refractivity contribution in [1.29, 1.82) is 0 Å². The predicted molar refractivity (Wildman–Crippen MR) is 122 cm³/mol. The van der Waals surface area contributed by atoms with Crippen molar-refractivity contribution in [2.75, 3.05) is 31.1 Å². The van der Waals surface area contributed by atoms with Gasteiger partial charge in [-0.25, -0.2) is 4.98 Å². The topological polar surface area (TPSA) is 79.6 Å². The van der Waals surface area contributed by atoms with Crippen molar-refractivity contribution in [3.8, 4) is 0 Å². The number of nitrogens with zero attached hydrogens (tertiary/aromatic N) is 4. The highest BCUT2D eigenvalue weighted by Gasteiger charge is 2.25. The lowest BCUT2D eigenvalue weighted by Crippen LogP contribution is -2.39. The monoisotopic (exact) mass is 466 g/mol. The number of hydrogen-bond acceptors (Lipinski definition) is 6. The smallest absolute Gasteiger partial charge is 0.270 e. The molecule has 0 fully saturated rings. The van der Waals surface area contributed by atoms with Gasteiger partial charge in [-0.05, 0) is 37.4 Å². The van der Waals surface area contributed by atoms with Gasteiger partial charge in [-0.15, -0.1) is 0 Å². The average molecular weight is 467 g/mol. The Morgan fingerprint density at radius 3 is 2.53 bits per heavy atom. The molecule has 0 aliphatic heterocycles. The minimum absolute atomic E-state index is 0.0719. The Morgan fingerprint density at radius 1 is 1.13 bits per heavy atom. The van der Waals surface area contributed by atoms with Gasteiger partial charge in [0.05, 0.1) is 25.7 Å². The molecular weight excluding hydrogens is 447 g/mol. The van der Waals surface area contributed by atoms with Crippen LogP contribution in [0.2, 0.25) is 10.0 Å². The number of carbonyl (C=O) groups is 1. The fourth-order valence-corrected chi connectivity index (χ4v) is 4.47. The first-order valence-electron chi connectivity index (χ1n) is 9.38. The largest absolute Gasteiger partial charge is 0.302 e. The number of carbonyl (C=O) groups excluding carboxylic acids is 1. The predicted octanol–water partition coefficient (Wildman–Crippen LogP) is 5.50. The molecule has 1 heterocycles. The van der Waals surface area contributed by atoms with Crippen LogP contribution < -0.4 is 4.90 Å². The van der Waals surface area contributed by atoms with Crippen LogP contribution in [0, 0.1) is 10.1 Å². The number of rotatable bonds is 8. The van der Waals surface area contributed by atoms with E-state index in [2.05, 4.69) is 9.88 Å². The van der Waals surface area contributed by atoms with Crippen LogP contribution >= 0.6 is 34.5 Å². The summed E-state index contributed by atoms with van der Waals surface area (Å²) in [6, 6.07) is 9.19. The molecule has 0 bridgehead atoms. The SMILES string of the molecule is CCN(CC)CCN(C(=O)c1cc([N+](=O)[O-])ccc1Cl)c1nc2ccc(Cl)cc2s1. The molecule has 30 heavy (non-hydrogen) atoms. The number of nitro benzene ring substituents is 1. The molecule has 0 N–H and O–H groups in total. The molecule has 0 aliphatic carbocycles. The Morgan fingerprint density at radius 2 is 1.87 bits per heavy atom. The number of benzene rings is 2. The molecule has 10 heteroatoms.